The van der Waals surface area contributed by atoms with Gasteiger partial charge >= 0.3 is 0 Å². The van der Waals surface area contributed by atoms with Crippen LogP contribution in [0.25, 0.3) is 5.69 Å². The van der Waals surface area contributed by atoms with Crippen LogP contribution in [-0.2, 0) is 4.79 Å². The molecule has 1 aliphatic rings. The van der Waals surface area contributed by atoms with Crippen molar-refractivity contribution < 1.29 is 14.1 Å². The molecule has 0 bridgehead atoms. The van der Waals surface area contributed by atoms with E-state index in [4.69, 9.17) is 0 Å². The molecule has 0 aliphatic heterocycles. The van der Waals surface area contributed by atoms with Gasteiger partial charge < -0.3 is 4.90 Å². The second-order valence-electron chi connectivity index (χ2n) is 6.77. The molecule has 0 spiro atoms. The lowest BCUT2D eigenvalue weighted by atomic mass is 9.99. The zero-order valence-electron chi connectivity index (χ0n) is 14.8. The summed E-state index contributed by atoms with van der Waals surface area (Å²) in [5.41, 5.74) is 0.820. The normalized spacial score (nSPS) is 19.4. The first-order valence-corrected chi connectivity index (χ1v) is 9.56. The van der Waals surface area contributed by atoms with E-state index in [1.165, 1.54) is 28.8 Å². The van der Waals surface area contributed by atoms with Crippen molar-refractivity contribution in [2.75, 3.05) is 14.1 Å². The van der Waals surface area contributed by atoms with Crippen molar-refractivity contribution in [2.45, 2.75) is 49.1 Å². The molecule has 0 amide bonds. The predicted octanol–water partition coefficient (Wildman–Crippen LogP) is 2.22. The number of carbonyl (C=O) groups is 1. The number of hydrogen-bond donors (Lipinski definition) is 1. The first kappa shape index (κ1) is 18.1. The van der Waals surface area contributed by atoms with Gasteiger partial charge in [0.1, 0.15) is 17.6 Å². The number of nitrogens with one attached hydrogen (secondary N) is 1. The second-order valence-corrected chi connectivity index (χ2v) is 7.94. The standard InChI is InChI=1S/C18H23FN4OS/c1-12(22(2)3)17-20-21-18(25-16-7-5-4-6-15(16)24)23(17)14-10-8-13(19)9-11-14/h8-12,16H,4-7H2,1-3H3/p+1/t12-,16-/m0/s1. The minimum Gasteiger partial charge on any atom is -0.331 e. The van der Waals surface area contributed by atoms with Crippen LogP contribution < -0.4 is 4.90 Å². The van der Waals surface area contributed by atoms with Crippen LogP contribution in [0.2, 0.25) is 0 Å². The van der Waals surface area contributed by atoms with Crippen molar-refractivity contribution in [2.24, 2.45) is 0 Å². The summed E-state index contributed by atoms with van der Waals surface area (Å²) in [5.74, 6) is 0.830. The van der Waals surface area contributed by atoms with Gasteiger partial charge in [0.2, 0.25) is 0 Å². The average Bonchev–Trinajstić information content (AvgIpc) is 3.00. The third kappa shape index (κ3) is 3.93. The first-order valence-electron chi connectivity index (χ1n) is 8.68. The highest BCUT2D eigenvalue weighted by molar-refractivity contribution is 8.00. The average molecular weight is 363 g/mol. The Balaban J connectivity index is 2.00. The van der Waals surface area contributed by atoms with Crippen molar-refractivity contribution in [3.8, 4) is 5.69 Å². The lowest BCUT2D eigenvalue weighted by Gasteiger charge is -2.21. The van der Waals surface area contributed by atoms with E-state index in [0.717, 1.165) is 30.8 Å². The molecule has 1 aromatic heterocycles. The molecule has 1 saturated carbocycles. The number of ketones is 1. The minimum absolute atomic E-state index is 0.0630. The number of Topliss-reactive ketones (excluding diaryl/α,β-unsaturated/α-hetero) is 1. The third-order valence-electron chi connectivity index (χ3n) is 4.74. The lowest BCUT2D eigenvalue weighted by Crippen LogP contribution is -3.05. The second kappa shape index (κ2) is 7.66. The summed E-state index contributed by atoms with van der Waals surface area (Å²) in [6.45, 7) is 2.08. The molecule has 0 radical (unpaired) electrons. The molecule has 1 fully saturated rings. The zero-order chi connectivity index (χ0) is 18.0. The van der Waals surface area contributed by atoms with Gasteiger partial charge in [0, 0.05) is 12.1 Å². The maximum absolute atomic E-state index is 13.3. The van der Waals surface area contributed by atoms with E-state index >= 15 is 0 Å². The van der Waals surface area contributed by atoms with Crippen LogP contribution in [-0.4, -0.2) is 39.9 Å². The maximum Gasteiger partial charge on any atom is 0.196 e. The van der Waals surface area contributed by atoms with Crippen LogP contribution in [0.5, 0.6) is 0 Å². The van der Waals surface area contributed by atoms with E-state index in [1.807, 2.05) is 4.57 Å². The summed E-state index contributed by atoms with van der Waals surface area (Å²) in [6, 6.07) is 6.45. The van der Waals surface area contributed by atoms with E-state index in [2.05, 4.69) is 31.2 Å². The van der Waals surface area contributed by atoms with Crippen LogP contribution in [0.4, 0.5) is 4.39 Å². The summed E-state index contributed by atoms with van der Waals surface area (Å²) in [5, 5.41) is 9.40. The highest BCUT2D eigenvalue weighted by Gasteiger charge is 2.28. The van der Waals surface area contributed by atoms with Gasteiger partial charge in [0.15, 0.2) is 11.0 Å². The monoisotopic (exact) mass is 363 g/mol. The van der Waals surface area contributed by atoms with Crippen LogP contribution in [0, 0.1) is 5.82 Å². The Morgan fingerprint density at radius 2 is 1.96 bits per heavy atom. The summed E-state index contributed by atoms with van der Waals surface area (Å²) in [4.78, 5) is 13.4. The number of nitrogens with zero attached hydrogens (tertiary/aromatic N) is 3. The molecule has 1 N–H and O–H groups in total. The quantitative estimate of drug-likeness (QED) is 0.885. The fourth-order valence-electron chi connectivity index (χ4n) is 2.93. The fraction of sp³-hybridized carbons (Fsp3) is 0.500. The summed E-state index contributed by atoms with van der Waals surface area (Å²) < 4.78 is 15.3. The van der Waals surface area contributed by atoms with Crippen molar-refractivity contribution >= 4 is 17.5 Å². The number of aromatic nitrogens is 3. The van der Waals surface area contributed by atoms with Gasteiger partial charge in [0.05, 0.1) is 19.3 Å². The summed E-state index contributed by atoms with van der Waals surface area (Å²) >= 11 is 1.49. The topological polar surface area (TPSA) is 52.2 Å². The van der Waals surface area contributed by atoms with Crippen LogP contribution in [0.1, 0.15) is 44.5 Å². The molecular weight excluding hydrogens is 339 g/mol. The molecule has 7 heteroatoms. The smallest absolute Gasteiger partial charge is 0.196 e. The molecule has 2 aromatic rings. The molecule has 134 valence electrons. The Morgan fingerprint density at radius 1 is 1.24 bits per heavy atom. The van der Waals surface area contributed by atoms with Gasteiger partial charge in [-0.15, -0.1) is 10.2 Å². The molecule has 1 aliphatic carbocycles. The Labute approximate surface area is 151 Å². The molecule has 1 heterocycles. The van der Waals surface area contributed by atoms with Gasteiger partial charge in [-0.2, -0.15) is 0 Å². The fourth-order valence-corrected chi connectivity index (χ4v) is 4.11. The highest BCUT2D eigenvalue weighted by atomic mass is 32.2. The number of carbonyl (C=O) groups excluding carboxylic acids is 1. The Hall–Kier alpha value is -1.73. The Bertz CT molecular complexity index is 744. The molecular formula is C18H24FN4OS+. The van der Waals surface area contributed by atoms with Gasteiger partial charge in [0.25, 0.3) is 0 Å². The SMILES string of the molecule is C[C@@H](c1nnc(S[C@H]2CCCCC2=O)n1-c1ccc(F)cc1)[NH+](C)C. The van der Waals surface area contributed by atoms with Crippen LogP contribution >= 0.6 is 11.8 Å². The van der Waals surface area contributed by atoms with Crippen molar-refractivity contribution in [3.63, 3.8) is 0 Å². The van der Waals surface area contributed by atoms with E-state index in [0.29, 0.717) is 11.6 Å². The summed E-state index contributed by atoms with van der Waals surface area (Å²) in [6.07, 6.45) is 3.57. The molecule has 2 atom stereocenters. The van der Waals surface area contributed by atoms with Crippen molar-refractivity contribution in [3.05, 3.63) is 35.9 Å². The largest absolute Gasteiger partial charge is 0.331 e. The maximum atomic E-state index is 13.3. The number of benzene rings is 1. The zero-order valence-corrected chi connectivity index (χ0v) is 15.6. The van der Waals surface area contributed by atoms with Crippen molar-refractivity contribution in [1.29, 1.82) is 0 Å². The van der Waals surface area contributed by atoms with Gasteiger partial charge in [-0.3, -0.25) is 9.36 Å². The van der Waals surface area contributed by atoms with E-state index in [-0.39, 0.29) is 22.9 Å². The summed E-state index contributed by atoms with van der Waals surface area (Å²) in [7, 11) is 4.12. The Kier molecular flexibility index (Phi) is 5.54. The number of thioether (sulfide) groups is 1. The molecule has 5 nitrogen and oxygen atoms in total. The molecule has 3 rings (SSSR count). The van der Waals surface area contributed by atoms with E-state index < -0.39 is 0 Å². The third-order valence-corrected chi connectivity index (χ3v) is 6.00. The molecule has 0 saturated heterocycles. The van der Waals surface area contributed by atoms with Gasteiger partial charge in [-0.1, -0.05) is 18.2 Å². The molecule has 1 aromatic carbocycles. The first-order chi connectivity index (χ1) is 12.0. The highest BCUT2D eigenvalue weighted by Crippen LogP contribution is 2.33. The number of halogens is 1. The molecule has 0 unspecified atom stereocenters. The van der Waals surface area contributed by atoms with E-state index in [1.54, 1.807) is 12.1 Å². The number of rotatable bonds is 5. The van der Waals surface area contributed by atoms with Gasteiger partial charge in [-0.25, -0.2) is 4.39 Å². The Morgan fingerprint density at radius 3 is 2.60 bits per heavy atom. The van der Waals surface area contributed by atoms with Crippen LogP contribution in [0.15, 0.2) is 29.4 Å². The minimum atomic E-state index is -0.277. The number of quaternary nitrogens is 1. The molecule has 25 heavy (non-hydrogen) atoms. The van der Waals surface area contributed by atoms with E-state index in [9.17, 15) is 9.18 Å². The predicted molar refractivity (Wildman–Crippen MR) is 95.7 cm³/mol. The van der Waals surface area contributed by atoms with Crippen LogP contribution in [0.3, 0.4) is 0 Å². The van der Waals surface area contributed by atoms with Gasteiger partial charge in [-0.05, 0) is 44.0 Å². The van der Waals surface area contributed by atoms with Crippen molar-refractivity contribution in [1.82, 2.24) is 14.8 Å². The number of hydrogen-bond acceptors (Lipinski definition) is 4. The lowest BCUT2D eigenvalue weighted by molar-refractivity contribution is -0.890.